The number of rotatable bonds is 2. The highest BCUT2D eigenvalue weighted by Gasteiger charge is 2.34. The van der Waals surface area contributed by atoms with Gasteiger partial charge in [0.2, 0.25) is 0 Å². The predicted molar refractivity (Wildman–Crippen MR) is 78.3 cm³/mol. The van der Waals surface area contributed by atoms with E-state index in [1.165, 1.54) is 0 Å². The first-order valence-electron chi connectivity index (χ1n) is 6.21. The number of benzene rings is 1. The van der Waals surface area contributed by atoms with Crippen LogP contribution < -0.4 is 5.73 Å². The molecule has 0 unspecified atom stereocenters. The number of nitrogens with two attached hydrogens (primary N) is 1. The van der Waals surface area contributed by atoms with Gasteiger partial charge in [-0.05, 0) is 26.0 Å². The average molecular weight is 278 g/mol. The third kappa shape index (κ3) is 2.93. The molecule has 1 saturated heterocycles. The molecular formula is C14H18N2O2S. The van der Waals surface area contributed by atoms with Gasteiger partial charge in [-0.3, -0.25) is 4.79 Å². The fourth-order valence-electron chi connectivity index (χ4n) is 2.20. The number of morpholine rings is 1. The summed E-state index contributed by atoms with van der Waals surface area (Å²) in [6, 6.07) is 7.14. The highest BCUT2D eigenvalue weighted by molar-refractivity contribution is 7.80. The second kappa shape index (κ2) is 5.27. The molecule has 0 atom stereocenters. The number of hydrogen-bond donors (Lipinski definition) is 1. The minimum Gasteiger partial charge on any atom is -0.389 e. The molecule has 2 N–H and O–H groups in total. The molecule has 0 aromatic heterocycles. The summed E-state index contributed by atoms with van der Waals surface area (Å²) < 4.78 is 5.43. The SMILES string of the molecule is CC1(C)COCCN1C(=O)c1cccc(C(N)=S)c1. The Bertz CT molecular complexity index is 514. The predicted octanol–water partition coefficient (Wildman–Crippen LogP) is 1.57. The van der Waals surface area contributed by atoms with Gasteiger partial charge in [0.25, 0.3) is 5.91 Å². The first kappa shape index (κ1) is 14.0. The van der Waals surface area contributed by atoms with Crippen LogP contribution in [0.5, 0.6) is 0 Å². The summed E-state index contributed by atoms with van der Waals surface area (Å²) in [5, 5.41) is 0. The molecule has 1 aliphatic heterocycles. The first-order chi connectivity index (χ1) is 8.92. The number of hydrogen-bond acceptors (Lipinski definition) is 3. The van der Waals surface area contributed by atoms with Crippen molar-refractivity contribution in [2.24, 2.45) is 5.73 Å². The monoisotopic (exact) mass is 278 g/mol. The fraction of sp³-hybridized carbons (Fsp3) is 0.429. The summed E-state index contributed by atoms with van der Waals surface area (Å²) in [5.74, 6) is -0.00796. The molecule has 1 aromatic carbocycles. The lowest BCUT2D eigenvalue weighted by molar-refractivity contribution is -0.0370. The summed E-state index contributed by atoms with van der Waals surface area (Å²) in [5.41, 5.74) is 6.63. The molecule has 0 radical (unpaired) electrons. The fourth-order valence-corrected chi connectivity index (χ4v) is 2.32. The molecule has 1 aromatic rings. The zero-order valence-corrected chi connectivity index (χ0v) is 12.0. The van der Waals surface area contributed by atoms with Crippen LogP contribution in [0.1, 0.15) is 29.8 Å². The Kier molecular flexibility index (Phi) is 3.87. The highest BCUT2D eigenvalue weighted by atomic mass is 32.1. The summed E-state index contributed by atoms with van der Waals surface area (Å²) in [7, 11) is 0. The number of carbonyl (C=O) groups excluding carboxylic acids is 1. The minimum atomic E-state index is -0.297. The van der Waals surface area contributed by atoms with Gasteiger partial charge in [0, 0.05) is 17.7 Å². The van der Waals surface area contributed by atoms with Gasteiger partial charge in [0.1, 0.15) is 4.99 Å². The van der Waals surface area contributed by atoms with Crippen molar-refractivity contribution in [1.29, 1.82) is 0 Å². The molecule has 5 heteroatoms. The highest BCUT2D eigenvalue weighted by Crippen LogP contribution is 2.22. The molecule has 0 aliphatic carbocycles. The van der Waals surface area contributed by atoms with E-state index in [9.17, 15) is 4.79 Å². The zero-order chi connectivity index (χ0) is 14.0. The molecule has 1 aliphatic rings. The van der Waals surface area contributed by atoms with Gasteiger partial charge in [0.15, 0.2) is 0 Å². The maximum absolute atomic E-state index is 12.6. The number of carbonyl (C=O) groups is 1. The lowest BCUT2D eigenvalue weighted by Gasteiger charge is -2.42. The second-order valence-electron chi connectivity index (χ2n) is 5.27. The Morgan fingerprint density at radius 3 is 2.74 bits per heavy atom. The van der Waals surface area contributed by atoms with E-state index in [1.807, 2.05) is 24.8 Å². The number of amides is 1. The van der Waals surface area contributed by atoms with Crippen LogP contribution in [0.15, 0.2) is 24.3 Å². The summed E-state index contributed by atoms with van der Waals surface area (Å²) in [6.07, 6.45) is 0. The first-order valence-corrected chi connectivity index (χ1v) is 6.62. The van der Waals surface area contributed by atoms with Crippen molar-refractivity contribution >= 4 is 23.1 Å². The lowest BCUT2D eigenvalue weighted by Crippen LogP contribution is -2.55. The third-order valence-corrected chi connectivity index (χ3v) is 3.52. The second-order valence-corrected chi connectivity index (χ2v) is 5.71. The van der Waals surface area contributed by atoms with Crippen molar-refractivity contribution in [2.75, 3.05) is 19.8 Å². The average Bonchev–Trinajstić information content (AvgIpc) is 2.37. The van der Waals surface area contributed by atoms with E-state index in [1.54, 1.807) is 18.2 Å². The Labute approximate surface area is 118 Å². The molecule has 2 rings (SSSR count). The quantitative estimate of drug-likeness (QED) is 0.834. The lowest BCUT2D eigenvalue weighted by atomic mass is 10.0. The molecule has 1 fully saturated rings. The van der Waals surface area contributed by atoms with Crippen LogP contribution >= 0.6 is 12.2 Å². The van der Waals surface area contributed by atoms with Gasteiger partial charge in [-0.15, -0.1) is 0 Å². The van der Waals surface area contributed by atoms with E-state index in [2.05, 4.69) is 0 Å². The molecular weight excluding hydrogens is 260 g/mol. The van der Waals surface area contributed by atoms with Gasteiger partial charge in [-0.2, -0.15) is 0 Å². The molecule has 1 heterocycles. The Morgan fingerprint density at radius 1 is 1.42 bits per heavy atom. The van der Waals surface area contributed by atoms with Crippen LogP contribution in [0.4, 0.5) is 0 Å². The Morgan fingerprint density at radius 2 is 2.11 bits per heavy atom. The van der Waals surface area contributed by atoms with Crippen molar-refractivity contribution in [3.63, 3.8) is 0 Å². The number of ether oxygens (including phenoxy) is 1. The maximum atomic E-state index is 12.6. The van der Waals surface area contributed by atoms with Gasteiger partial charge in [-0.25, -0.2) is 0 Å². The maximum Gasteiger partial charge on any atom is 0.254 e. The van der Waals surface area contributed by atoms with Gasteiger partial charge in [-0.1, -0.05) is 24.4 Å². The largest absolute Gasteiger partial charge is 0.389 e. The van der Waals surface area contributed by atoms with Gasteiger partial charge < -0.3 is 15.4 Å². The van der Waals surface area contributed by atoms with Crippen molar-refractivity contribution in [1.82, 2.24) is 4.90 Å². The Hall–Kier alpha value is -1.46. The van der Waals surface area contributed by atoms with Crippen LogP contribution in [0.2, 0.25) is 0 Å². The zero-order valence-electron chi connectivity index (χ0n) is 11.2. The molecule has 0 saturated carbocycles. The molecule has 4 nitrogen and oxygen atoms in total. The van der Waals surface area contributed by atoms with Gasteiger partial charge >= 0.3 is 0 Å². The normalized spacial score (nSPS) is 18.1. The van der Waals surface area contributed by atoms with Crippen LogP contribution in [-0.2, 0) is 4.74 Å². The Balaban J connectivity index is 2.28. The van der Waals surface area contributed by atoms with Crippen LogP contribution in [0, 0.1) is 0 Å². The van der Waals surface area contributed by atoms with E-state index < -0.39 is 0 Å². The standard InChI is InChI=1S/C14H18N2O2S/c1-14(2)9-18-7-6-16(14)13(17)11-5-3-4-10(8-11)12(15)19/h3-5,8H,6-7,9H2,1-2H3,(H2,15,19). The summed E-state index contributed by atoms with van der Waals surface area (Å²) in [6.45, 7) is 5.73. The third-order valence-electron chi connectivity index (χ3n) is 3.28. The van der Waals surface area contributed by atoms with Crippen LogP contribution in [0.25, 0.3) is 0 Å². The van der Waals surface area contributed by atoms with Crippen molar-refractivity contribution in [3.8, 4) is 0 Å². The number of thiocarbonyl (C=S) groups is 1. The topological polar surface area (TPSA) is 55.6 Å². The van der Waals surface area contributed by atoms with E-state index in [4.69, 9.17) is 22.7 Å². The molecule has 102 valence electrons. The number of nitrogens with zero attached hydrogens (tertiary/aromatic N) is 1. The van der Waals surface area contributed by atoms with Crippen molar-refractivity contribution in [3.05, 3.63) is 35.4 Å². The molecule has 0 bridgehead atoms. The molecule has 0 spiro atoms. The minimum absolute atomic E-state index is 0.00796. The summed E-state index contributed by atoms with van der Waals surface area (Å²) >= 11 is 4.94. The molecule has 19 heavy (non-hydrogen) atoms. The van der Waals surface area contributed by atoms with Crippen molar-refractivity contribution in [2.45, 2.75) is 19.4 Å². The van der Waals surface area contributed by atoms with E-state index in [0.717, 1.165) is 0 Å². The van der Waals surface area contributed by atoms with Crippen LogP contribution in [-0.4, -0.2) is 41.1 Å². The van der Waals surface area contributed by atoms with Crippen LogP contribution in [0.3, 0.4) is 0 Å². The van der Waals surface area contributed by atoms with E-state index in [-0.39, 0.29) is 11.4 Å². The summed E-state index contributed by atoms with van der Waals surface area (Å²) in [4.78, 5) is 14.7. The molecule has 1 amide bonds. The van der Waals surface area contributed by atoms with E-state index in [0.29, 0.717) is 35.9 Å². The smallest absolute Gasteiger partial charge is 0.254 e. The van der Waals surface area contributed by atoms with Gasteiger partial charge in [0.05, 0.1) is 18.8 Å². The van der Waals surface area contributed by atoms with E-state index >= 15 is 0 Å². The van der Waals surface area contributed by atoms with Crippen molar-refractivity contribution < 1.29 is 9.53 Å².